The van der Waals surface area contributed by atoms with Gasteiger partial charge in [0.15, 0.2) is 0 Å². The summed E-state index contributed by atoms with van der Waals surface area (Å²) >= 11 is 0. The summed E-state index contributed by atoms with van der Waals surface area (Å²) in [5.41, 5.74) is 1.59. The van der Waals surface area contributed by atoms with E-state index in [2.05, 4.69) is 5.32 Å². The number of methoxy groups -OCH3 is 1. The predicted molar refractivity (Wildman–Crippen MR) is 89.0 cm³/mol. The number of carbonyl (C=O) groups excluding carboxylic acids is 1. The van der Waals surface area contributed by atoms with Gasteiger partial charge in [-0.3, -0.25) is 9.69 Å². The van der Waals surface area contributed by atoms with Crippen molar-refractivity contribution in [1.29, 1.82) is 0 Å². The maximum Gasteiger partial charge on any atom is 0.241 e. The summed E-state index contributed by atoms with van der Waals surface area (Å²) in [6.07, 6.45) is 0. The fourth-order valence-electron chi connectivity index (χ4n) is 2.20. The molecular formula is C18H21FN2O2. The zero-order valence-electron chi connectivity index (χ0n) is 13.5. The molecule has 0 aliphatic carbocycles. The highest BCUT2D eigenvalue weighted by Gasteiger charge is 2.19. The fourth-order valence-corrected chi connectivity index (χ4v) is 2.20. The number of halogens is 1. The Morgan fingerprint density at radius 1 is 1.22 bits per heavy atom. The van der Waals surface area contributed by atoms with Crippen LogP contribution in [0.5, 0.6) is 5.75 Å². The number of benzene rings is 2. The molecule has 2 aromatic carbocycles. The zero-order chi connectivity index (χ0) is 16.8. The topological polar surface area (TPSA) is 41.6 Å². The molecule has 0 heterocycles. The second kappa shape index (κ2) is 7.74. The number of rotatable bonds is 6. The van der Waals surface area contributed by atoms with Gasteiger partial charge in [-0.25, -0.2) is 4.39 Å². The van der Waals surface area contributed by atoms with Gasteiger partial charge < -0.3 is 10.1 Å². The monoisotopic (exact) mass is 316 g/mol. The van der Waals surface area contributed by atoms with Gasteiger partial charge in [0.2, 0.25) is 5.91 Å². The summed E-state index contributed by atoms with van der Waals surface area (Å²) in [6, 6.07) is 13.2. The van der Waals surface area contributed by atoms with Crippen LogP contribution in [-0.4, -0.2) is 31.0 Å². The first kappa shape index (κ1) is 17.0. The highest BCUT2D eigenvalue weighted by molar-refractivity contribution is 5.95. The lowest BCUT2D eigenvalue weighted by Crippen LogP contribution is -2.39. The Morgan fingerprint density at radius 2 is 1.87 bits per heavy atom. The zero-order valence-corrected chi connectivity index (χ0v) is 13.5. The first-order valence-electron chi connectivity index (χ1n) is 7.40. The van der Waals surface area contributed by atoms with E-state index in [4.69, 9.17) is 4.74 Å². The number of carbonyl (C=O) groups is 1. The number of likely N-dealkylation sites (N-methyl/N-ethyl adjacent to an activating group) is 1. The lowest BCUT2D eigenvalue weighted by atomic mass is 10.2. The Bertz CT molecular complexity index is 658. The van der Waals surface area contributed by atoms with Gasteiger partial charge in [-0.15, -0.1) is 0 Å². The molecule has 0 fully saturated rings. The van der Waals surface area contributed by atoms with E-state index >= 15 is 0 Å². The Morgan fingerprint density at radius 3 is 2.52 bits per heavy atom. The van der Waals surface area contributed by atoms with Gasteiger partial charge in [-0.05, 0) is 43.8 Å². The Kier molecular flexibility index (Phi) is 5.71. The number of nitrogens with zero attached hydrogens (tertiary/aromatic N) is 1. The number of ether oxygens (including phenoxy) is 1. The van der Waals surface area contributed by atoms with E-state index in [0.29, 0.717) is 18.0 Å². The van der Waals surface area contributed by atoms with Gasteiger partial charge in [0.25, 0.3) is 0 Å². The van der Waals surface area contributed by atoms with Crippen molar-refractivity contribution in [3.8, 4) is 5.75 Å². The van der Waals surface area contributed by atoms with E-state index in [0.717, 1.165) is 5.56 Å². The first-order chi connectivity index (χ1) is 11.0. The molecule has 1 atom stereocenters. The molecule has 1 amide bonds. The van der Waals surface area contributed by atoms with Gasteiger partial charge in [0.1, 0.15) is 11.6 Å². The van der Waals surface area contributed by atoms with Gasteiger partial charge in [-0.1, -0.05) is 24.3 Å². The average molecular weight is 316 g/mol. The molecule has 0 saturated carbocycles. The van der Waals surface area contributed by atoms with Crippen LogP contribution in [0.3, 0.4) is 0 Å². The third-order valence-electron chi connectivity index (χ3n) is 3.75. The van der Waals surface area contributed by atoms with E-state index in [1.807, 2.05) is 31.0 Å². The summed E-state index contributed by atoms with van der Waals surface area (Å²) < 4.78 is 18.2. The van der Waals surface area contributed by atoms with Crippen LogP contribution in [-0.2, 0) is 11.3 Å². The molecule has 5 heteroatoms. The van der Waals surface area contributed by atoms with E-state index in [9.17, 15) is 9.18 Å². The summed E-state index contributed by atoms with van der Waals surface area (Å²) in [4.78, 5) is 14.3. The van der Waals surface area contributed by atoms with Crippen LogP contribution in [0.2, 0.25) is 0 Å². The number of hydrogen-bond acceptors (Lipinski definition) is 3. The molecule has 0 bridgehead atoms. The van der Waals surface area contributed by atoms with Crippen molar-refractivity contribution in [3.63, 3.8) is 0 Å². The number of anilines is 1. The van der Waals surface area contributed by atoms with Crippen molar-refractivity contribution >= 4 is 11.6 Å². The molecule has 1 N–H and O–H groups in total. The van der Waals surface area contributed by atoms with Gasteiger partial charge in [-0.2, -0.15) is 0 Å². The minimum absolute atomic E-state index is 0.126. The van der Waals surface area contributed by atoms with Crippen molar-refractivity contribution < 1.29 is 13.9 Å². The summed E-state index contributed by atoms with van der Waals surface area (Å²) in [6.45, 7) is 2.38. The molecular weight excluding hydrogens is 295 g/mol. The molecule has 2 rings (SSSR count). The molecule has 0 aliphatic rings. The quantitative estimate of drug-likeness (QED) is 0.889. The third-order valence-corrected chi connectivity index (χ3v) is 3.75. The summed E-state index contributed by atoms with van der Waals surface area (Å²) in [5, 5.41) is 2.87. The lowest BCUT2D eigenvalue weighted by Gasteiger charge is -2.24. The molecule has 23 heavy (non-hydrogen) atoms. The second-order valence-electron chi connectivity index (χ2n) is 5.41. The highest BCUT2D eigenvalue weighted by Crippen LogP contribution is 2.23. The van der Waals surface area contributed by atoms with E-state index < -0.39 is 0 Å². The van der Waals surface area contributed by atoms with Crippen LogP contribution in [0.4, 0.5) is 10.1 Å². The number of amides is 1. The van der Waals surface area contributed by atoms with Crippen molar-refractivity contribution in [2.75, 3.05) is 19.5 Å². The minimum atomic E-state index is -0.343. The van der Waals surface area contributed by atoms with Gasteiger partial charge >= 0.3 is 0 Å². The fraction of sp³-hybridized carbons (Fsp3) is 0.278. The molecule has 0 spiro atoms. The second-order valence-corrected chi connectivity index (χ2v) is 5.41. The van der Waals surface area contributed by atoms with Crippen molar-refractivity contribution in [2.45, 2.75) is 19.5 Å². The van der Waals surface area contributed by atoms with Crippen LogP contribution < -0.4 is 10.1 Å². The molecule has 2 aromatic rings. The molecule has 122 valence electrons. The third kappa shape index (κ3) is 4.53. The Balaban J connectivity index is 1.99. The molecule has 4 nitrogen and oxygen atoms in total. The summed E-state index contributed by atoms with van der Waals surface area (Å²) in [7, 11) is 3.42. The van der Waals surface area contributed by atoms with Crippen molar-refractivity contribution in [3.05, 3.63) is 59.9 Å². The maximum atomic E-state index is 12.9. The van der Waals surface area contributed by atoms with Crippen molar-refractivity contribution in [2.24, 2.45) is 0 Å². The predicted octanol–water partition coefficient (Wildman–Crippen LogP) is 3.29. The van der Waals surface area contributed by atoms with E-state index in [-0.39, 0.29) is 17.8 Å². The smallest absolute Gasteiger partial charge is 0.241 e. The Hall–Kier alpha value is -2.40. The number of nitrogens with one attached hydrogen (secondary N) is 1. The normalized spacial score (nSPS) is 12.0. The summed E-state index contributed by atoms with van der Waals surface area (Å²) in [5.74, 6) is 0.228. The first-order valence-corrected chi connectivity index (χ1v) is 7.40. The Labute approximate surface area is 135 Å². The van der Waals surface area contributed by atoms with E-state index in [1.165, 1.54) is 12.1 Å². The van der Waals surface area contributed by atoms with Crippen LogP contribution >= 0.6 is 0 Å². The molecule has 0 radical (unpaired) electrons. The maximum absolute atomic E-state index is 12.9. The minimum Gasteiger partial charge on any atom is -0.495 e. The van der Waals surface area contributed by atoms with Crippen LogP contribution in [0.1, 0.15) is 12.5 Å². The average Bonchev–Trinajstić information content (AvgIpc) is 2.56. The van der Waals surface area contributed by atoms with E-state index in [1.54, 1.807) is 31.4 Å². The van der Waals surface area contributed by atoms with Crippen LogP contribution in [0, 0.1) is 5.82 Å². The standard InChI is InChI=1S/C18H21FN2O2/c1-13(21(2)12-14-8-10-15(19)11-9-14)18(22)20-16-6-4-5-7-17(16)23-3/h4-11,13H,12H2,1-3H3,(H,20,22)/t13-/m1/s1. The van der Waals surface area contributed by atoms with Gasteiger partial charge in [0, 0.05) is 6.54 Å². The number of hydrogen-bond donors (Lipinski definition) is 1. The molecule has 0 unspecified atom stereocenters. The SMILES string of the molecule is COc1ccccc1NC(=O)[C@@H](C)N(C)Cc1ccc(F)cc1. The molecule has 0 saturated heterocycles. The van der Waals surface area contributed by atoms with Crippen LogP contribution in [0.15, 0.2) is 48.5 Å². The molecule has 0 aliphatic heterocycles. The van der Waals surface area contributed by atoms with Gasteiger partial charge in [0.05, 0.1) is 18.8 Å². The number of para-hydroxylation sites is 2. The highest BCUT2D eigenvalue weighted by atomic mass is 19.1. The molecule has 0 aromatic heterocycles. The lowest BCUT2D eigenvalue weighted by molar-refractivity contribution is -0.120. The largest absolute Gasteiger partial charge is 0.495 e. The van der Waals surface area contributed by atoms with Crippen LogP contribution in [0.25, 0.3) is 0 Å². The van der Waals surface area contributed by atoms with Crippen molar-refractivity contribution in [1.82, 2.24) is 4.90 Å².